The quantitative estimate of drug-likeness (QED) is 0.303. The molecule has 4 rings (SSSR count). The van der Waals surface area contributed by atoms with Crippen LogP contribution in [0.25, 0.3) is 0 Å². The number of rotatable bonds is 11. The number of likely N-dealkylation sites (tertiary alicyclic amines) is 1. The van der Waals surface area contributed by atoms with Crippen molar-refractivity contribution in [2.45, 2.75) is 25.7 Å². The molecule has 3 aromatic carbocycles. The first-order valence-corrected chi connectivity index (χ1v) is 14.4. The Bertz CT molecular complexity index is 1390. The number of carbonyl (C=O) groups is 1. The summed E-state index contributed by atoms with van der Waals surface area (Å²) in [6.07, 6.45) is 0.798. The third kappa shape index (κ3) is 7.56. The first-order valence-electron chi connectivity index (χ1n) is 12.2. The lowest BCUT2D eigenvalue weighted by atomic mass is 10.1. The Morgan fingerprint density at radius 1 is 0.897 bits per heavy atom. The lowest BCUT2D eigenvalue weighted by Crippen LogP contribution is -2.31. The molecular formula is C28H30ClNO8S. The minimum absolute atomic E-state index is 0.105. The van der Waals surface area contributed by atoms with Crippen LogP contribution in [-0.4, -0.2) is 58.9 Å². The lowest BCUT2D eigenvalue weighted by Gasteiger charge is -2.20. The fraction of sp³-hybridized carbons (Fsp3) is 0.321. The van der Waals surface area contributed by atoms with Gasteiger partial charge in [0, 0.05) is 13.1 Å². The minimum atomic E-state index is -3.63. The van der Waals surface area contributed by atoms with Crippen LogP contribution < -0.4 is 18.9 Å². The Labute approximate surface area is 233 Å². The molecule has 9 nitrogen and oxygen atoms in total. The van der Waals surface area contributed by atoms with Gasteiger partial charge in [0.25, 0.3) is 16.0 Å². The van der Waals surface area contributed by atoms with Gasteiger partial charge in [-0.05, 0) is 53.9 Å². The Balaban J connectivity index is 1.56. The van der Waals surface area contributed by atoms with Crippen molar-refractivity contribution in [2.75, 3.05) is 33.6 Å². The summed E-state index contributed by atoms with van der Waals surface area (Å²) in [5.74, 6) is 1.71. The normalized spacial score (nSPS) is 15.2. The molecule has 39 heavy (non-hydrogen) atoms. The summed E-state index contributed by atoms with van der Waals surface area (Å²) >= 11 is 6.75. The summed E-state index contributed by atoms with van der Waals surface area (Å²) < 4.78 is 50.6. The highest BCUT2D eigenvalue weighted by Crippen LogP contribution is 2.39. The molecule has 11 heteroatoms. The van der Waals surface area contributed by atoms with Crippen molar-refractivity contribution in [3.05, 3.63) is 82.4 Å². The van der Waals surface area contributed by atoms with E-state index in [2.05, 4.69) is 0 Å². The molecule has 0 aromatic heterocycles. The van der Waals surface area contributed by atoms with Gasteiger partial charge in [0.05, 0.1) is 37.2 Å². The third-order valence-corrected chi connectivity index (χ3v) is 7.13. The molecule has 3 aromatic rings. The van der Waals surface area contributed by atoms with Crippen molar-refractivity contribution in [1.82, 2.24) is 4.90 Å². The smallest absolute Gasteiger partial charge is 0.264 e. The fourth-order valence-electron chi connectivity index (χ4n) is 4.12. The molecular weight excluding hydrogens is 546 g/mol. The molecule has 0 saturated carbocycles. The fourth-order valence-corrected chi connectivity index (χ4v) is 5.06. The number of amides is 1. The second-order valence-corrected chi connectivity index (χ2v) is 11.0. The van der Waals surface area contributed by atoms with Crippen molar-refractivity contribution in [2.24, 2.45) is 0 Å². The standard InChI is InChI=1S/C28H30ClNO8S/c1-34-21-8-4-19(5-9-21)17-36-25-13-12-24(28(31)30-15-14-23(16-30)38-39(3,32)33)26(29)27(25)37-18-20-6-10-22(35-2)11-7-20/h4-13,23H,14-18H2,1-3H3/t23-/m1/s1. The van der Waals surface area contributed by atoms with Gasteiger partial charge >= 0.3 is 0 Å². The zero-order chi connectivity index (χ0) is 28.0. The Morgan fingerprint density at radius 3 is 2.00 bits per heavy atom. The molecule has 0 unspecified atom stereocenters. The molecule has 0 spiro atoms. The molecule has 1 amide bonds. The molecule has 0 N–H and O–H groups in total. The highest BCUT2D eigenvalue weighted by atomic mass is 35.5. The average molecular weight is 576 g/mol. The first kappa shape index (κ1) is 28.5. The van der Waals surface area contributed by atoms with E-state index in [1.807, 2.05) is 48.5 Å². The van der Waals surface area contributed by atoms with Crippen LogP contribution in [0.3, 0.4) is 0 Å². The van der Waals surface area contributed by atoms with E-state index in [4.69, 9.17) is 34.7 Å². The molecule has 208 valence electrons. The van der Waals surface area contributed by atoms with E-state index in [9.17, 15) is 13.2 Å². The Kier molecular flexibility index (Phi) is 9.21. The molecule has 1 aliphatic rings. The summed E-state index contributed by atoms with van der Waals surface area (Å²) in [4.78, 5) is 14.9. The number of hydrogen-bond donors (Lipinski definition) is 0. The summed E-state index contributed by atoms with van der Waals surface area (Å²) in [7, 11) is -0.434. The topological polar surface area (TPSA) is 101 Å². The average Bonchev–Trinajstić information content (AvgIpc) is 3.38. The van der Waals surface area contributed by atoms with E-state index in [1.165, 1.54) is 4.90 Å². The monoisotopic (exact) mass is 575 g/mol. The van der Waals surface area contributed by atoms with Crippen LogP contribution in [0.15, 0.2) is 60.7 Å². The highest BCUT2D eigenvalue weighted by molar-refractivity contribution is 7.86. The number of nitrogens with zero attached hydrogens (tertiary/aromatic N) is 1. The van der Waals surface area contributed by atoms with E-state index in [0.29, 0.717) is 18.7 Å². The molecule has 1 fully saturated rings. The predicted molar refractivity (Wildman–Crippen MR) is 146 cm³/mol. The second kappa shape index (κ2) is 12.6. The van der Waals surface area contributed by atoms with Gasteiger partial charge < -0.3 is 23.8 Å². The van der Waals surface area contributed by atoms with Gasteiger partial charge in [0.15, 0.2) is 11.5 Å². The van der Waals surface area contributed by atoms with Crippen LogP contribution in [-0.2, 0) is 27.5 Å². The van der Waals surface area contributed by atoms with Crippen molar-refractivity contribution in [3.63, 3.8) is 0 Å². The van der Waals surface area contributed by atoms with E-state index < -0.39 is 16.2 Å². The molecule has 1 saturated heterocycles. The number of methoxy groups -OCH3 is 2. The lowest BCUT2D eigenvalue weighted by molar-refractivity contribution is 0.0773. The maximum atomic E-state index is 13.3. The van der Waals surface area contributed by atoms with E-state index >= 15 is 0 Å². The molecule has 1 aliphatic heterocycles. The summed E-state index contributed by atoms with van der Waals surface area (Å²) in [5.41, 5.74) is 1.99. The number of ether oxygens (including phenoxy) is 4. The maximum absolute atomic E-state index is 13.3. The Morgan fingerprint density at radius 2 is 1.46 bits per heavy atom. The van der Waals surface area contributed by atoms with Gasteiger partial charge in [0.1, 0.15) is 24.7 Å². The number of halogens is 1. The number of benzene rings is 3. The molecule has 0 aliphatic carbocycles. The van der Waals surface area contributed by atoms with Crippen LogP contribution in [0.4, 0.5) is 0 Å². The summed E-state index contributed by atoms with van der Waals surface area (Å²) in [6.45, 7) is 0.893. The number of carbonyl (C=O) groups excluding carboxylic acids is 1. The molecule has 1 atom stereocenters. The van der Waals surface area contributed by atoms with Crippen molar-refractivity contribution in [3.8, 4) is 23.0 Å². The summed E-state index contributed by atoms with van der Waals surface area (Å²) in [5, 5.41) is 0.105. The zero-order valence-electron chi connectivity index (χ0n) is 21.9. The Hall–Kier alpha value is -3.47. The summed E-state index contributed by atoms with van der Waals surface area (Å²) in [6, 6.07) is 18.1. The third-order valence-electron chi connectivity index (χ3n) is 6.13. The van der Waals surface area contributed by atoms with Crippen molar-refractivity contribution >= 4 is 27.6 Å². The number of hydrogen-bond acceptors (Lipinski definition) is 8. The first-order chi connectivity index (χ1) is 18.7. The second-order valence-electron chi connectivity index (χ2n) is 8.99. The van der Waals surface area contributed by atoms with E-state index in [0.717, 1.165) is 28.9 Å². The molecule has 1 heterocycles. The van der Waals surface area contributed by atoms with Gasteiger partial charge in [-0.15, -0.1) is 0 Å². The van der Waals surface area contributed by atoms with Gasteiger partial charge in [-0.25, -0.2) is 0 Å². The highest BCUT2D eigenvalue weighted by Gasteiger charge is 2.32. The van der Waals surface area contributed by atoms with Gasteiger partial charge in [-0.1, -0.05) is 35.9 Å². The largest absolute Gasteiger partial charge is 0.497 e. The van der Waals surface area contributed by atoms with Gasteiger partial charge in [0.2, 0.25) is 0 Å². The van der Waals surface area contributed by atoms with Gasteiger partial charge in [-0.3, -0.25) is 8.98 Å². The molecule has 0 bridgehead atoms. The predicted octanol–water partition coefficient (Wildman–Crippen LogP) is 4.71. The van der Waals surface area contributed by atoms with Crippen molar-refractivity contribution in [1.29, 1.82) is 0 Å². The van der Waals surface area contributed by atoms with Crippen LogP contribution in [0.1, 0.15) is 27.9 Å². The van der Waals surface area contributed by atoms with Crippen LogP contribution in [0.5, 0.6) is 23.0 Å². The SMILES string of the molecule is COc1ccc(COc2ccc(C(=O)N3CC[C@@H](OS(C)(=O)=O)C3)c(Cl)c2OCc2ccc(OC)cc2)cc1. The van der Waals surface area contributed by atoms with Gasteiger partial charge in [-0.2, -0.15) is 8.42 Å². The van der Waals surface area contributed by atoms with Crippen LogP contribution >= 0.6 is 11.6 Å². The molecule has 0 radical (unpaired) electrons. The van der Waals surface area contributed by atoms with Crippen molar-refractivity contribution < 1.29 is 36.3 Å². The van der Waals surface area contributed by atoms with Crippen LogP contribution in [0, 0.1) is 0 Å². The van der Waals surface area contributed by atoms with Crippen LogP contribution in [0.2, 0.25) is 5.02 Å². The van der Waals surface area contributed by atoms with E-state index in [1.54, 1.807) is 26.4 Å². The zero-order valence-corrected chi connectivity index (χ0v) is 23.5. The minimum Gasteiger partial charge on any atom is -0.497 e. The van der Waals surface area contributed by atoms with E-state index in [-0.39, 0.29) is 42.0 Å². The maximum Gasteiger partial charge on any atom is 0.264 e.